The van der Waals surface area contributed by atoms with Crippen molar-refractivity contribution in [3.63, 3.8) is 0 Å². The van der Waals surface area contributed by atoms with E-state index in [2.05, 4.69) is 40.3 Å². The van der Waals surface area contributed by atoms with Gasteiger partial charge in [-0.05, 0) is 46.8 Å². The highest BCUT2D eigenvalue weighted by atomic mass is 19.3. The molecule has 16 heteroatoms. The third kappa shape index (κ3) is 11.5. The van der Waals surface area contributed by atoms with Gasteiger partial charge in [0.05, 0.1) is 17.6 Å². The van der Waals surface area contributed by atoms with Gasteiger partial charge >= 0.3 is 0 Å². The molecule has 2 amide bonds. The van der Waals surface area contributed by atoms with E-state index >= 15 is 0 Å². The van der Waals surface area contributed by atoms with E-state index in [1.165, 1.54) is 19.3 Å². The van der Waals surface area contributed by atoms with E-state index < -0.39 is 36.7 Å². The van der Waals surface area contributed by atoms with Crippen LogP contribution >= 0.6 is 0 Å². The van der Waals surface area contributed by atoms with Crippen LogP contribution in [-0.4, -0.2) is 57.0 Å². The van der Waals surface area contributed by atoms with Gasteiger partial charge in [-0.3, -0.25) is 9.59 Å². The molecule has 3 N–H and O–H groups in total. The number of nitrogens with one attached hydrogen (secondary N) is 3. The Bertz CT molecular complexity index is 1390. The summed E-state index contributed by atoms with van der Waals surface area (Å²) in [6.07, 6.45) is 3.97. The highest BCUT2D eigenvalue weighted by Crippen LogP contribution is 2.43. The van der Waals surface area contributed by atoms with E-state index in [0.29, 0.717) is 29.7 Å². The molecular formula is C29H36F6N6O4. The minimum Gasteiger partial charge on any atom is -0.468 e. The summed E-state index contributed by atoms with van der Waals surface area (Å²) in [5.41, 5.74) is 1.66. The molecule has 3 aliphatic carbocycles. The highest BCUT2D eigenvalue weighted by molar-refractivity contribution is 5.94. The van der Waals surface area contributed by atoms with E-state index in [1.54, 1.807) is 18.2 Å². The second-order valence-corrected chi connectivity index (χ2v) is 11.4. The van der Waals surface area contributed by atoms with Crippen molar-refractivity contribution in [3.05, 3.63) is 35.3 Å². The summed E-state index contributed by atoms with van der Waals surface area (Å²) in [6.45, 7) is -0.770. The van der Waals surface area contributed by atoms with Crippen molar-refractivity contribution in [1.82, 2.24) is 30.9 Å². The Hall–Kier alpha value is -3.85. The zero-order valence-corrected chi connectivity index (χ0v) is 24.5. The van der Waals surface area contributed by atoms with E-state index in [9.17, 15) is 35.9 Å². The Morgan fingerprint density at radius 1 is 0.956 bits per heavy atom. The van der Waals surface area contributed by atoms with Crippen molar-refractivity contribution in [3.8, 4) is 5.88 Å². The van der Waals surface area contributed by atoms with Gasteiger partial charge in [0.15, 0.2) is 6.61 Å². The fourth-order valence-corrected chi connectivity index (χ4v) is 4.64. The minimum atomic E-state index is -2.75. The van der Waals surface area contributed by atoms with Gasteiger partial charge in [0.2, 0.25) is 23.4 Å². The van der Waals surface area contributed by atoms with Gasteiger partial charge in [0, 0.05) is 38.6 Å². The van der Waals surface area contributed by atoms with Gasteiger partial charge in [-0.1, -0.05) is 31.7 Å². The number of ether oxygens (including phenoxy) is 1. The molecule has 3 aliphatic rings. The summed E-state index contributed by atoms with van der Waals surface area (Å²) in [7, 11) is 0. The highest BCUT2D eigenvalue weighted by Gasteiger charge is 2.45. The molecule has 2 heterocycles. The van der Waals surface area contributed by atoms with E-state index in [4.69, 9.17) is 0 Å². The SMILES string of the molecule is C1CC1.FC1(F)CCCCC1.O=C(CC1CC(F)(F)C1)NCc1ccc2nc(CNC(=O)c3nonc3OCC(F)F)[nH]c2c1. The van der Waals surface area contributed by atoms with Gasteiger partial charge in [-0.2, -0.15) is 0 Å². The number of carbonyl (C=O) groups excluding carboxylic acids is 2. The Balaban J connectivity index is 0.000000351. The molecular weight excluding hydrogens is 610 g/mol. The number of carbonyl (C=O) groups is 2. The fourth-order valence-electron chi connectivity index (χ4n) is 4.64. The Kier molecular flexibility index (Phi) is 11.7. The lowest BCUT2D eigenvalue weighted by Crippen LogP contribution is -2.38. The van der Waals surface area contributed by atoms with Gasteiger partial charge < -0.3 is 20.4 Å². The van der Waals surface area contributed by atoms with E-state index in [0.717, 1.165) is 12.0 Å². The zero-order valence-electron chi connectivity index (χ0n) is 24.5. The molecule has 0 saturated heterocycles. The quantitative estimate of drug-likeness (QED) is 0.219. The molecule has 0 spiro atoms. The topological polar surface area (TPSA) is 135 Å². The molecule has 248 valence electrons. The van der Waals surface area contributed by atoms with Gasteiger partial charge in [-0.15, -0.1) is 0 Å². The maximum atomic E-state index is 12.9. The molecule has 0 unspecified atom stereocenters. The molecule has 0 atom stereocenters. The van der Waals surface area contributed by atoms with Gasteiger partial charge in [0.1, 0.15) is 5.82 Å². The van der Waals surface area contributed by atoms with Gasteiger partial charge in [-0.25, -0.2) is 36.0 Å². The van der Waals surface area contributed by atoms with Crippen LogP contribution in [0.3, 0.4) is 0 Å². The largest absolute Gasteiger partial charge is 0.468 e. The van der Waals surface area contributed by atoms with Crippen LogP contribution in [0.2, 0.25) is 0 Å². The molecule has 0 aliphatic heterocycles. The Morgan fingerprint density at radius 2 is 1.64 bits per heavy atom. The maximum absolute atomic E-state index is 12.9. The van der Waals surface area contributed by atoms with Crippen molar-refractivity contribution in [2.45, 2.75) is 102 Å². The summed E-state index contributed by atoms with van der Waals surface area (Å²) in [4.78, 5) is 31.6. The summed E-state index contributed by atoms with van der Waals surface area (Å²) in [6, 6.07) is 5.25. The number of fused-ring (bicyclic) bond motifs is 1. The van der Waals surface area contributed by atoms with Crippen LogP contribution in [0, 0.1) is 5.92 Å². The predicted octanol–water partition coefficient (Wildman–Crippen LogP) is 6.33. The third-order valence-corrected chi connectivity index (χ3v) is 7.11. The summed E-state index contributed by atoms with van der Waals surface area (Å²) >= 11 is 0. The number of rotatable bonds is 10. The molecule has 1 aromatic carbocycles. The van der Waals surface area contributed by atoms with Gasteiger partial charge in [0.25, 0.3) is 18.2 Å². The maximum Gasteiger partial charge on any atom is 0.289 e. The lowest BCUT2D eigenvalue weighted by Gasteiger charge is -2.34. The van der Waals surface area contributed by atoms with Crippen LogP contribution in [0.15, 0.2) is 22.8 Å². The number of amides is 2. The number of imidazole rings is 1. The van der Waals surface area contributed by atoms with E-state index in [1.807, 2.05) is 0 Å². The molecule has 3 aromatic rings. The number of aromatic nitrogens is 4. The summed E-state index contributed by atoms with van der Waals surface area (Å²) in [5.74, 6) is -6.33. The first-order valence-corrected chi connectivity index (χ1v) is 14.9. The molecule has 0 bridgehead atoms. The lowest BCUT2D eigenvalue weighted by atomic mass is 9.79. The van der Waals surface area contributed by atoms with Crippen LogP contribution < -0.4 is 15.4 Å². The fraction of sp³-hybridized carbons (Fsp3) is 0.621. The molecule has 3 saturated carbocycles. The number of halogens is 6. The van der Waals surface area contributed by atoms with Crippen LogP contribution in [0.25, 0.3) is 11.0 Å². The van der Waals surface area contributed by atoms with E-state index in [-0.39, 0.29) is 62.7 Å². The first-order chi connectivity index (χ1) is 21.4. The van der Waals surface area contributed by atoms with Crippen molar-refractivity contribution < 1.29 is 45.3 Å². The number of H-pyrrole nitrogens is 1. The number of benzene rings is 1. The summed E-state index contributed by atoms with van der Waals surface area (Å²) in [5, 5.41) is 11.9. The monoisotopic (exact) mass is 646 g/mol. The average molecular weight is 647 g/mol. The predicted molar refractivity (Wildman–Crippen MR) is 149 cm³/mol. The van der Waals surface area contributed by atoms with Crippen LogP contribution in [0.5, 0.6) is 5.88 Å². The van der Waals surface area contributed by atoms with Crippen LogP contribution in [0.1, 0.15) is 92.5 Å². The number of nitrogens with zero attached hydrogens (tertiary/aromatic N) is 3. The van der Waals surface area contributed by atoms with Crippen molar-refractivity contribution >= 4 is 22.8 Å². The van der Waals surface area contributed by atoms with Crippen LogP contribution in [0.4, 0.5) is 26.3 Å². The van der Waals surface area contributed by atoms with Crippen molar-refractivity contribution in [1.29, 1.82) is 0 Å². The number of hydrogen-bond acceptors (Lipinski definition) is 7. The van der Waals surface area contributed by atoms with Crippen LogP contribution in [-0.2, 0) is 17.9 Å². The smallest absolute Gasteiger partial charge is 0.289 e. The molecule has 10 nitrogen and oxygen atoms in total. The third-order valence-electron chi connectivity index (χ3n) is 7.11. The zero-order chi connectivity index (χ0) is 32.5. The molecule has 3 fully saturated rings. The Labute approximate surface area is 255 Å². The molecule has 0 radical (unpaired) electrons. The number of hydrogen-bond donors (Lipinski definition) is 3. The normalized spacial score (nSPS) is 18.1. The number of alkyl halides is 6. The standard InChI is InChI=1S/C20H20F4N6O4.C6H10F2.C3H6/c21-14(22)9-33-19-17(29-34-30-19)18(32)26-8-15-27-12-2-1-10(3-13(12)28-15)7-25-16(31)4-11-5-20(23,24)6-11;7-6(8)4-2-1-3-5-6;1-2-3-1/h1-3,11,14H,4-9H2,(H,25,31)(H,26,32)(H,27,28);1-5H2;1-3H2. The first kappa shape index (κ1) is 34.0. The number of aromatic amines is 1. The molecule has 2 aromatic heterocycles. The minimum absolute atomic E-state index is 0.0350. The summed E-state index contributed by atoms with van der Waals surface area (Å²) < 4.78 is 83.8. The second-order valence-electron chi connectivity index (χ2n) is 11.4. The lowest BCUT2D eigenvalue weighted by molar-refractivity contribution is -0.133. The second kappa shape index (κ2) is 15.4. The van der Waals surface area contributed by atoms with Crippen molar-refractivity contribution in [2.75, 3.05) is 6.61 Å². The Morgan fingerprint density at radius 3 is 2.24 bits per heavy atom. The molecule has 6 rings (SSSR count). The van der Waals surface area contributed by atoms with Crippen molar-refractivity contribution in [2.24, 2.45) is 5.92 Å². The molecule has 45 heavy (non-hydrogen) atoms. The first-order valence-electron chi connectivity index (χ1n) is 14.9. The average Bonchev–Trinajstić information content (AvgIpc) is 3.68.